The Balaban J connectivity index is 1.01. The van der Waals surface area contributed by atoms with Crippen LogP contribution in [0.15, 0.2) is 139 Å². The SMILES string of the molecule is C[C@H]1[C@@H](CSc2ncn[nH]2)O[C@@H](c2cccc(-c3cccc(CNC(=O)Nc4ccc(Oc5ccccc5)cc4)c3)c2)O[C@H]1c1ccc(CO)cc1. The smallest absolute Gasteiger partial charge is 0.319 e. The second-order valence-electron chi connectivity index (χ2n) is 12.5. The molecule has 1 aliphatic heterocycles. The number of nitrogens with zero attached hydrogens (tertiary/aromatic N) is 2. The van der Waals surface area contributed by atoms with E-state index >= 15 is 0 Å². The fourth-order valence-corrected chi connectivity index (χ4v) is 6.99. The van der Waals surface area contributed by atoms with Gasteiger partial charge in [-0.3, -0.25) is 5.10 Å². The molecule has 4 N–H and O–H groups in total. The van der Waals surface area contributed by atoms with Crippen molar-refractivity contribution in [2.45, 2.75) is 43.7 Å². The van der Waals surface area contributed by atoms with Crippen LogP contribution in [0.4, 0.5) is 10.5 Å². The number of amides is 2. The number of ether oxygens (including phenoxy) is 3. The summed E-state index contributed by atoms with van der Waals surface area (Å²) < 4.78 is 19.2. The molecule has 0 unspecified atom stereocenters. The second-order valence-corrected chi connectivity index (χ2v) is 13.5. The van der Waals surface area contributed by atoms with Gasteiger partial charge in [0, 0.05) is 29.5 Å². The van der Waals surface area contributed by atoms with Crippen LogP contribution in [0.25, 0.3) is 11.1 Å². The number of para-hydroxylation sites is 1. The third-order valence-electron chi connectivity index (χ3n) is 8.86. The molecular formula is C41H39N5O5S. The summed E-state index contributed by atoms with van der Waals surface area (Å²) in [4.78, 5) is 17.0. The summed E-state index contributed by atoms with van der Waals surface area (Å²) in [6, 6.07) is 40.7. The number of aliphatic hydroxyl groups is 1. The lowest BCUT2D eigenvalue weighted by Crippen LogP contribution is -2.38. The van der Waals surface area contributed by atoms with E-state index in [1.54, 1.807) is 23.9 Å². The minimum Gasteiger partial charge on any atom is -0.457 e. The van der Waals surface area contributed by atoms with E-state index in [1.165, 1.54) is 6.33 Å². The summed E-state index contributed by atoms with van der Waals surface area (Å²) in [7, 11) is 0. The zero-order valence-corrected chi connectivity index (χ0v) is 29.3. The molecular weight excluding hydrogens is 675 g/mol. The number of thioether (sulfide) groups is 1. The molecule has 0 aliphatic carbocycles. The second kappa shape index (κ2) is 16.7. The third-order valence-corrected chi connectivity index (χ3v) is 9.83. The summed E-state index contributed by atoms with van der Waals surface area (Å²) in [5.41, 5.74) is 6.41. The molecule has 6 aromatic rings. The molecule has 5 aromatic carbocycles. The maximum atomic E-state index is 12.8. The Morgan fingerprint density at radius 2 is 1.58 bits per heavy atom. The van der Waals surface area contributed by atoms with E-state index in [0.717, 1.165) is 44.3 Å². The van der Waals surface area contributed by atoms with Gasteiger partial charge in [-0.05, 0) is 76.3 Å². The van der Waals surface area contributed by atoms with Gasteiger partial charge in [0.15, 0.2) is 11.4 Å². The van der Waals surface area contributed by atoms with Crippen LogP contribution >= 0.6 is 11.8 Å². The lowest BCUT2D eigenvalue weighted by Gasteiger charge is -2.41. The van der Waals surface area contributed by atoms with E-state index in [1.807, 2.05) is 91.0 Å². The van der Waals surface area contributed by atoms with E-state index in [0.29, 0.717) is 23.7 Å². The highest BCUT2D eigenvalue weighted by molar-refractivity contribution is 7.99. The van der Waals surface area contributed by atoms with Gasteiger partial charge in [0.1, 0.15) is 17.8 Å². The predicted octanol–water partition coefficient (Wildman–Crippen LogP) is 8.66. The number of carbonyl (C=O) groups excluding carboxylic acids is 1. The van der Waals surface area contributed by atoms with Crippen LogP contribution in [0, 0.1) is 5.92 Å². The molecule has 0 bridgehead atoms. The largest absolute Gasteiger partial charge is 0.457 e. The van der Waals surface area contributed by atoms with Crippen LogP contribution in [0.1, 0.15) is 41.6 Å². The van der Waals surface area contributed by atoms with Gasteiger partial charge < -0.3 is 30.0 Å². The molecule has 0 spiro atoms. The van der Waals surface area contributed by atoms with Gasteiger partial charge in [-0.15, -0.1) is 0 Å². The first kappa shape index (κ1) is 35.0. The Bertz CT molecular complexity index is 2050. The molecule has 0 saturated carbocycles. The standard InChI is InChI=1S/C41H39N5O5S/c1-27-37(25-52-41-43-26-44-46-41)50-39(51-38(27)30-15-13-28(24-47)14-16-30)33-10-6-9-32(22-33)31-8-5-7-29(21-31)23-42-40(48)45-34-17-19-36(20-18-34)49-35-11-3-2-4-12-35/h2-22,26-27,37-39,47H,23-25H2,1H3,(H2,42,45,48)(H,43,44,46)/t27-,37+,38+,39+/m0/s1. The number of benzene rings is 5. The molecule has 11 heteroatoms. The molecule has 52 heavy (non-hydrogen) atoms. The molecule has 1 fully saturated rings. The normalized spacial score (nSPS) is 18.4. The highest BCUT2D eigenvalue weighted by atomic mass is 32.2. The molecule has 264 valence electrons. The van der Waals surface area contributed by atoms with Gasteiger partial charge in [-0.25, -0.2) is 9.78 Å². The Morgan fingerprint density at radius 3 is 2.33 bits per heavy atom. The molecule has 4 atom stereocenters. The van der Waals surface area contributed by atoms with E-state index in [-0.39, 0.29) is 30.8 Å². The molecule has 1 saturated heterocycles. The summed E-state index contributed by atoms with van der Waals surface area (Å²) in [5.74, 6) is 2.14. The number of aliphatic hydroxyl groups excluding tert-OH is 1. The maximum Gasteiger partial charge on any atom is 0.319 e. The minimum absolute atomic E-state index is 0.0126. The lowest BCUT2D eigenvalue weighted by molar-refractivity contribution is -0.268. The first-order valence-electron chi connectivity index (χ1n) is 17.1. The van der Waals surface area contributed by atoms with Crippen molar-refractivity contribution in [1.82, 2.24) is 20.5 Å². The molecule has 1 aromatic heterocycles. The maximum absolute atomic E-state index is 12.8. The number of urea groups is 1. The predicted molar refractivity (Wildman–Crippen MR) is 201 cm³/mol. The number of rotatable bonds is 12. The number of hydrogen-bond donors (Lipinski definition) is 4. The fourth-order valence-electron chi connectivity index (χ4n) is 6.05. The average molecular weight is 714 g/mol. The van der Waals surface area contributed by atoms with Crippen LogP contribution in [-0.4, -0.2) is 38.2 Å². The number of hydrogen-bond acceptors (Lipinski definition) is 8. The highest BCUT2D eigenvalue weighted by Gasteiger charge is 2.38. The van der Waals surface area contributed by atoms with Crippen molar-refractivity contribution in [3.63, 3.8) is 0 Å². The number of aromatic amines is 1. The van der Waals surface area contributed by atoms with Crippen molar-refractivity contribution in [3.05, 3.63) is 156 Å². The Hall–Kier alpha value is -5.46. The monoisotopic (exact) mass is 713 g/mol. The van der Waals surface area contributed by atoms with E-state index in [4.69, 9.17) is 14.2 Å². The van der Waals surface area contributed by atoms with Gasteiger partial charge in [0.05, 0.1) is 18.8 Å². The first-order chi connectivity index (χ1) is 25.5. The van der Waals surface area contributed by atoms with Crippen LogP contribution in [0.3, 0.4) is 0 Å². The highest BCUT2D eigenvalue weighted by Crippen LogP contribution is 2.43. The molecule has 7 rings (SSSR count). The summed E-state index contributed by atoms with van der Waals surface area (Å²) in [6.07, 6.45) is 0.531. The van der Waals surface area contributed by atoms with E-state index < -0.39 is 6.29 Å². The molecule has 2 heterocycles. The van der Waals surface area contributed by atoms with Crippen LogP contribution in [-0.2, 0) is 22.6 Å². The van der Waals surface area contributed by atoms with Gasteiger partial charge in [-0.2, -0.15) is 5.10 Å². The lowest BCUT2D eigenvalue weighted by atomic mass is 9.91. The van der Waals surface area contributed by atoms with Crippen molar-refractivity contribution in [2.24, 2.45) is 5.92 Å². The topological polar surface area (TPSA) is 131 Å². The minimum atomic E-state index is -0.605. The Labute approximate surface area is 306 Å². The number of carbonyl (C=O) groups is 1. The van der Waals surface area contributed by atoms with Gasteiger partial charge in [0.2, 0.25) is 0 Å². The molecule has 0 radical (unpaired) electrons. The number of H-pyrrole nitrogens is 1. The van der Waals surface area contributed by atoms with Crippen molar-refractivity contribution < 1.29 is 24.1 Å². The van der Waals surface area contributed by atoms with E-state index in [2.05, 4.69) is 57.0 Å². The van der Waals surface area contributed by atoms with Gasteiger partial charge >= 0.3 is 6.03 Å². The summed E-state index contributed by atoms with van der Waals surface area (Å²) in [5, 5.41) is 23.0. The van der Waals surface area contributed by atoms with E-state index in [9.17, 15) is 9.90 Å². The number of nitrogens with one attached hydrogen (secondary N) is 3. The van der Waals surface area contributed by atoms with Gasteiger partial charge in [0.25, 0.3) is 0 Å². The van der Waals surface area contributed by atoms with Crippen molar-refractivity contribution in [3.8, 4) is 22.6 Å². The molecule has 1 aliphatic rings. The third kappa shape index (κ3) is 8.87. The average Bonchev–Trinajstić information content (AvgIpc) is 3.72. The summed E-state index contributed by atoms with van der Waals surface area (Å²) in [6.45, 7) is 2.48. The summed E-state index contributed by atoms with van der Waals surface area (Å²) >= 11 is 1.56. The van der Waals surface area contributed by atoms with Crippen LogP contribution in [0.2, 0.25) is 0 Å². The zero-order chi connectivity index (χ0) is 35.7. The van der Waals surface area contributed by atoms with Gasteiger partial charge in [-0.1, -0.05) is 97.5 Å². The Kier molecular flexibility index (Phi) is 11.2. The first-order valence-corrected chi connectivity index (χ1v) is 18.0. The molecule has 10 nitrogen and oxygen atoms in total. The van der Waals surface area contributed by atoms with Crippen molar-refractivity contribution >= 4 is 23.5 Å². The Morgan fingerprint density at radius 1 is 0.827 bits per heavy atom. The van der Waals surface area contributed by atoms with Crippen LogP contribution < -0.4 is 15.4 Å². The zero-order valence-electron chi connectivity index (χ0n) is 28.5. The van der Waals surface area contributed by atoms with Crippen LogP contribution in [0.5, 0.6) is 11.5 Å². The number of anilines is 1. The van der Waals surface area contributed by atoms with Crippen molar-refractivity contribution in [2.75, 3.05) is 11.1 Å². The quantitative estimate of drug-likeness (QED) is 0.0928. The van der Waals surface area contributed by atoms with Crippen molar-refractivity contribution in [1.29, 1.82) is 0 Å². The molecule has 2 amide bonds. The fraction of sp³-hybridized carbons (Fsp3) is 0.195. The number of aromatic nitrogens is 3.